The van der Waals surface area contributed by atoms with Gasteiger partial charge in [-0.05, 0) is 25.0 Å². The second-order valence-corrected chi connectivity index (χ2v) is 4.83. The molecule has 0 aromatic heterocycles. The molecule has 1 N–H and O–H groups in total. The fourth-order valence-corrected chi connectivity index (χ4v) is 2.42. The average Bonchev–Trinajstić information content (AvgIpc) is 2.42. The van der Waals surface area contributed by atoms with Crippen molar-refractivity contribution in [2.45, 2.75) is 25.8 Å². The summed E-state index contributed by atoms with van der Waals surface area (Å²) in [7, 11) is 0. The van der Waals surface area contributed by atoms with E-state index in [1.807, 2.05) is 0 Å². The lowest BCUT2D eigenvalue weighted by molar-refractivity contribution is -0.119. The molecule has 1 aromatic rings. The van der Waals surface area contributed by atoms with Crippen molar-refractivity contribution in [2.24, 2.45) is 0 Å². The van der Waals surface area contributed by atoms with Crippen LogP contribution in [0.25, 0.3) is 0 Å². The minimum atomic E-state index is -1.10. The number of rotatable bonds is 2. The summed E-state index contributed by atoms with van der Waals surface area (Å²) in [5.41, 5.74) is -0.123. The molecule has 1 aromatic carbocycles. The number of nitrogens with zero attached hydrogens (tertiary/aromatic N) is 2. The van der Waals surface area contributed by atoms with E-state index in [0.717, 1.165) is 0 Å². The van der Waals surface area contributed by atoms with E-state index in [0.29, 0.717) is 25.9 Å². The van der Waals surface area contributed by atoms with Gasteiger partial charge in [-0.15, -0.1) is 0 Å². The van der Waals surface area contributed by atoms with Crippen LogP contribution < -0.4 is 10.2 Å². The van der Waals surface area contributed by atoms with E-state index >= 15 is 0 Å². The van der Waals surface area contributed by atoms with Crippen LogP contribution in [0.1, 0.15) is 25.3 Å². The van der Waals surface area contributed by atoms with E-state index in [1.165, 1.54) is 19.1 Å². The summed E-state index contributed by atoms with van der Waals surface area (Å²) >= 11 is 0. The lowest BCUT2D eigenvalue weighted by Crippen LogP contribution is -2.44. The number of anilines is 1. The van der Waals surface area contributed by atoms with Gasteiger partial charge in [-0.3, -0.25) is 4.79 Å². The zero-order valence-corrected chi connectivity index (χ0v) is 11.1. The molecule has 0 unspecified atom stereocenters. The summed E-state index contributed by atoms with van der Waals surface area (Å²) in [6.07, 6.45) is 1.36. The van der Waals surface area contributed by atoms with Crippen LogP contribution in [0.4, 0.5) is 14.5 Å². The number of benzene rings is 1. The van der Waals surface area contributed by atoms with Crippen molar-refractivity contribution in [1.29, 1.82) is 5.26 Å². The first kappa shape index (κ1) is 14.3. The van der Waals surface area contributed by atoms with E-state index < -0.39 is 11.6 Å². The molecule has 0 aliphatic carbocycles. The summed E-state index contributed by atoms with van der Waals surface area (Å²) in [5.74, 6) is -2.17. The lowest BCUT2D eigenvalue weighted by Gasteiger charge is -2.34. The van der Waals surface area contributed by atoms with E-state index in [9.17, 15) is 13.6 Å². The molecule has 106 valence electrons. The molecular weight excluding hydrogens is 264 g/mol. The highest BCUT2D eigenvalue weighted by atomic mass is 19.2. The number of halogens is 2. The van der Waals surface area contributed by atoms with Crippen molar-refractivity contribution in [3.05, 3.63) is 29.3 Å². The highest BCUT2D eigenvalue weighted by molar-refractivity contribution is 5.73. The minimum absolute atomic E-state index is 0.0787. The van der Waals surface area contributed by atoms with Crippen LogP contribution in [-0.4, -0.2) is 25.0 Å². The Morgan fingerprint density at radius 3 is 2.55 bits per heavy atom. The molecule has 1 heterocycles. The molecule has 0 saturated carbocycles. The molecule has 1 aliphatic heterocycles. The van der Waals surface area contributed by atoms with Gasteiger partial charge in [-0.25, -0.2) is 8.78 Å². The van der Waals surface area contributed by atoms with Gasteiger partial charge in [0.2, 0.25) is 5.91 Å². The van der Waals surface area contributed by atoms with Crippen LogP contribution in [0.3, 0.4) is 0 Å². The van der Waals surface area contributed by atoms with Gasteiger partial charge >= 0.3 is 0 Å². The summed E-state index contributed by atoms with van der Waals surface area (Å²) in [5, 5.41) is 11.5. The van der Waals surface area contributed by atoms with Crippen LogP contribution in [0.5, 0.6) is 0 Å². The SMILES string of the molecule is CC(=O)NC1CCN(c2ccc(C#N)c(F)c2F)CC1. The monoisotopic (exact) mass is 279 g/mol. The Bertz CT molecular complexity index is 560. The molecule has 20 heavy (non-hydrogen) atoms. The maximum Gasteiger partial charge on any atom is 0.217 e. The van der Waals surface area contributed by atoms with Gasteiger partial charge < -0.3 is 10.2 Å². The normalized spacial score (nSPS) is 15.8. The van der Waals surface area contributed by atoms with Crippen molar-refractivity contribution in [2.75, 3.05) is 18.0 Å². The summed E-state index contributed by atoms with van der Waals surface area (Å²) in [6.45, 7) is 2.53. The zero-order valence-electron chi connectivity index (χ0n) is 11.1. The fourth-order valence-electron chi connectivity index (χ4n) is 2.42. The Balaban J connectivity index is 2.10. The molecule has 4 nitrogen and oxygen atoms in total. The smallest absolute Gasteiger partial charge is 0.217 e. The van der Waals surface area contributed by atoms with E-state index in [1.54, 1.807) is 11.0 Å². The number of hydrogen-bond donors (Lipinski definition) is 1. The molecule has 1 aliphatic rings. The third-order valence-electron chi connectivity index (χ3n) is 3.43. The third kappa shape index (κ3) is 2.87. The second-order valence-electron chi connectivity index (χ2n) is 4.83. The maximum absolute atomic E-state index is 13.9. The van der Waals surface area contributed by atoms with Crippen molar-refractivity contribution < 1.29 is 13.6 Å². The molecular formula is C14H15F2N3O. The van der Waals surface area contributed by atoms with E-state index in [-0.39, 0.29) is 23.2 Å². The highest BCUT2D eigenvalue weighted by Crippen LogP contribution is 2.26. The first-order chi connectivity index (χ1) is 9.52. The van der Waals surface area contributed by atoms with Crippen LogP contribution >= 0.6 is 0 Å². The van der Waals surface area contributed by atoms with Gasteiger partial charge in [-0.1, -0.05) is 0 Å². The number of amides is 1. The average molecular weight is 279 g/mol. The highest BCUT2D eigenvalue weighted by Gasteiger charge is 2.23. The number of nitriles is 1. The predicted octanol–water partition coefficient (Wildman–Crippen LogP) is 1.94. The molecule has 0 radical (unpaired) electrons. The summed E-state index contributed by atoms with van der Waals surface area (Å²) in [6, 6.07) is 4.40. The lowest BCUT2D eigenvalue weighted by atomic mass is 10.0. The first-order valence-corrected chi connectivity index (χ1v) is 6.43. The Kier molecular flexibility index (Phi) is 4.18. The number of piperidine rings is 1. The molecule has 1 saturated heterocycles. The number of carbonyl (C=O) groups excluding carboxylic acids is 1. The molecule has 6 heteroatoms. The Morgan fingerprint density at radius 1 is 1.35 bits per heavy atom. The maximum atomic E-state index is 13.9. The molecule has 1 amide bonds. The topological polar surface area (TPSA) is 56.1 Å². The van der Waals surface area contributed by atoms with Crippen molar-refractivity contribution in [3.63, 3.8) is 0 Å². The van der Waals surface area contributed by atoms with Gasteiger partial charge in [0.25, 0.3) is 0 Å². The van der Waals surface area contributed by atoms with E-state index in [4.69, 9.17) is 5.26 Å². The van der Waals surface area contributed by atoms with Crippen molar-refractivity contribution in [1.82, 2.24) is 5.32 Å². The quantitative estimate of drug-likeness (QED) is 0.900. The summed E-state index contributed by atoms with van der Waals surface area (Å²) < 4.78 is 27.5. The van der Waals surface area contributed by atoms with Crippen LogP contribution in [0, 0.1) is 23.0 Å². The van der Waals surface area contributed by atoms with Crippen LogP contribution in [0.15, 0.2) is 12.1 Å². The van der Waals surface area contributed by atoms with Gasteiger partial charge in [0, 0.05) is 26.1 Å². The minimum Gasteiger partial charge on any atom is -0.369 e. The molecule has 0 bridgehead atoms. The Hall–Kier alpha value is -2.16. The second kappa shape index (κ2) is 5.87. The number of nitrogens with one attached hydrogen (secondary N) is 1. The summed E-state index contributed by atoms with van der Waals surface area (Å²) in [4.78, 5) is 12.7. The number of hydrogen-bond acceptors (Lipinski definition) is 3. The van der Waals surface area contributed by atoms with Gasteiger partial charge in [0.15, 0.2) is 11.6 Å². The largest absolute Gasteiger partial charge is 0.369 e. The van der Waals surface area contributed by atoms with Crippen LogP contribution in [-0.2, 0) is 4.79 Å². The molecule has 1 fully saturated rings. The third-order valence-corrected chi connectivity index (χ3v) is 3.43. The predicted molar refractivity (Wildman–Crippen MR) is 70.1 cm³/mol. The van der Waals surface area contributed by atoms with Crippen molar-refractivity contribution >= 4 is 11.6 Å². The standard InChI is InChI=1S/C14H15F2N3O/c1-9(20)18-11-4-6-19(7-5-11)12-3-2-10(8-17)13(15)14(12)16/h2-3,11H,4-7H2,1H3,(H,18,20). The zero-order chi connectivity index (χ0) is 14.7. The number of carbonyl (C=O) groups is 1. The molecule has 2 rings (SSSR count). The fraction of sp³-hybridized carbons (Fsp3) is 0.429. The Labute approximate surface area is 116 Å². The molecule has 0 spiro atoms. The van der Waals surface area contributed by atoms with Gasteiger partial charge in [0.1, 0.15) is 6.07 Å². The van der Waals surface area contributed by atoms with Gasteiger partial charge in [-0.2, -0.15) is 5.26 Å². The van der Waals surface area contributed by atoms with Crippen LogP contribution in [0.2, 0.25) is 0 Å². The first-order valence-electron chi connectivity index (χ1n) is 6.43. The van der Waals surface area contributed by atoms with E-state index in [2.05, 4.69) is 5.32 Å². The van der Waals surface area contributed by atoms with Crippen molar-refractivity contribution in [3.8, 4) is 6.07 Å². The van der Waals surface area contributed by atoms with Gasteiger partial charge in [0.05, 0.1) is 11.3 Å². The Morgan fingerprint density at radius 2 is 2.00 bits per heavy atom. The molecule has 0 atom stereocenters.